The van der Waals surface area contributed by atoms with E-state index in [4.69, 9.17) is 0 Å². The second-order valence-corrected chi connectivity index (χ2v) is 6.15. The van der Waals surface area contributed by atoms with Crippen molar-refractivity contribution in [3.8, 4) is 0 Å². The van der Waals surface area contributed by atoms with Gasteiger partial charge >= 0.3 is 0 Å². The Morgan fingerprint density at radius 3 is 2.00 bits per heavy atom. The second kappa shape index (κ2) is 6.19. The Balaban J connectivity index is 2.27. The normalized spacial score (nSPS) is 13.2. The summed E-state index contributed by atoms with van der Waals surface area (Å²) >= 11 is 0. The molecule has 0 fully saturated rings. The fourth-order valence-corrected chi connectivity index (χ4v) is 2.22. The highest BCUT2D eigenvalue weighted by molar-refractivity contribution is 5.33. The van der Waals surface area contributed by atoms with E-state index in [0.29, 0.717) is 0 Å². The Hall–Kier alpha value is -1.67. The quantitative estimate of drug-likeness (QED) is 0.872. The van der Waals surface area contributed by atoms with Crippen LogP contribution in [0, 0.1) is 5.82 Å². The highest BCUT2D eigenvalue weighted by Gasteiger charge is 2.17. The lowest BCUT2D eigenvalue weighted by Crippen LogP contribution is -2.38. The van der Waals surface area contributed by atoms with Crippen LogP contribution in [0.1, 0.15) is 37.8 Å². The first-order valence-corrected chi connectivity index (χ1v) is 7.01. The average molecular weight is 271 g/mol. The molecule has 0 aliphatic carbocycles. The summed E-state index contributed by atoms with van der Waals surface area (Å²) in [6.07, 6.45) is 0. The number of halogens is 1. The Labute approximate surface area is 120 Å². The number of nitrogens with one attached hydrogen (secondary N) is 1. The van der Waals surface area contributed by atoms with Crippen LogP contribution in [0.5, 0.6) is 0 Å². The summed E-state index contributed by atoms with van der Waals surface area (Å²) in [4.78, 5) is 0. The summed E-state index contributed by atoms with van der Waals surface area (Å²) in [5, 5.41) is 3.54. The fourth-order valence-electron chi connectivity index (χ4n) is 2.22. The molecule has 2 aromatic carbocycles. The lowest BCUT2D eigenvalue weighted by molar-refractivity contribution is 0.417. The lowest BCUT2D eigenvalue weighted by atomic mass is 9.90. The van der Waals surface area contributed by atoms with Crippen LogP contribution in [-0.4, -0.2) is 12.1 Å². The zero-order valence-electron chi connectivity index (χ0n) is 12.4. The van der Waals surface area contributed by atoms with Gasteiger partial charge in [-0.15, -0.1) is 0 Å². The fraction of sp³-hybridized carbons (Fsp3) is 0.333. The van der Waals surface area contributed by atoms with Gasteiger partial charge in [0.25, 0.3) is 0 Å². The standard InChI is InChI=1S/C18H22FN/c1-18(2,3)20-13-17(14-7-5-4-6-8-14)15-9-11-16(19)12-10-15/h4-12,17,20H,13H2,1-3H3. The summed E-state index contributed by atoms with van der Waals surface area (Å²) < 4.78 is 13.1. The number of hydrogen-bond acceptors (Lipinski definition) is 1. The zero-order valence-corrected chi connectivity index (χ0v) is 12.4. The Morgan fingerprint density at radius 1 is 0.900 bits per heavy atom. The van der Waals surface area contributed by atoms with Crippen LogP contribution in [0.3, 0.4) is 0 Å². The van der Waals surface area contributed by atoms with Crippen molar-refractivity contribution in [1.29, 1.82) is 0 Å². The van der Waals surface area contributed by atoms with E-state index in [9.17, 15) is 4.39 Å². The molecule has 0 spiro atoms. The first kappa shape index (κ1) is 14.7. The maximum atomic E-state index is 13.1. The Morgan fingerprint density at radius 2 is 1.45 bits per heavy atom. The van der Waals surface area contributed by atoms with Gasteiger partial charge in [0.15, 0.2) is 0 Å². The zero-order chi connectivity index (χ0) is 14.6. The molecule has 1 unspecified atom stereocenters. The van der Waals surface area contributed by atoms with E-state index >= 15 is 0 Å². The SMILES string of the molecule is CC(C)(C)NCC(c1ccccc1)c1ccc(F)cc1. The molecular formula is C18H22FN. The van der Waals surface area contributed by atoms with Crippen molar-refractivity contribution in [1.82, 2.24) is 5.32 Å². The molecule has 1 nitrogen and oxygen atoms in total. The molecule has 0 aromatic heterocycles. The highest BCUT2D eigenvalue weighted by atomic mass is 19.1. The lowest BCUT2D eigenvalue weighted by Gasteiger charge is -2.26. The van der Waals surface area contributed by atoms with E-state index in [0.717, 1.165) is 12.1 Å². The molecule has 2 heteroatoms. The van der Waals surface area contributed by atoms with Crippen LogP contribution in [-0.2, 0) is 0 Å². The number of hydrogen-bond donors (Lipinski definition) is 1. The molecule has 0 amide bonds. The molecule has 1 atom stereocenters. The number of benzene rings is 2. The van der Waals surface area contributed by atoms with E-state index in [2.05, 4.69) is 38.2 Å². The van der Waals surface area contributed by atoms with Crippen LogP contribution in [0.4, 0.5) is 4.39 Å². The van der Waals surface area contributed by atoms with Crippen molar-refractivity contribution in [2.45, 2.75) is 32.2 Å². The second-order valence-electron chi connectivity index (χ2n) is 6.15. The van der Waals surface area contributed by atoms with E-state index in [1.165, 1.54) is 17.7 Å². The first-order chi connectivity index (χ1) is 9.46. The van der Waals surface area contributed by atoms with Gasteiger partial charge in [0.05, 0.1) is 0 Å². The summed E-state index contributed by atoms with van der Waals surface area (Å²) in [6.45, 7) is 7.29. The smallest absolute Gasteiger partial charge is 0.123 e. The van der Waals surface area contributed by atoms with Crippen molar-refractivity contribution < 1.29 is 4.39 Å². The molecule has 1 N–H and O–H groups in total. The average Bonchev–Trinajstić information content (AvgIpc) is 2.41. The molecule has 0 radical (unpaired) electrons. The molecule has 0 heterocycles. The topological polar surface area (TPSA) is 12.0 Å². The third-order valence-electron chi connectivity index (χ3n) is 3.31. The molecule has 0 saturated carbocycles. The minimum Gasteiger partial charge on any atom is -0.311 e. The third-order valence-corrected chi connectivity index (χ3v) is 3.31. The molecule has 0 bridgehead atoms. The van der Waals surface area contributed by atoms with Crippen LogP contribution < -0.4 is 5.32 Å². The summed E-state index contributed by atoms with van der Waals surface area (Å²) in [6, 6.07) is 17.2. The molecule has 2 aromatic rings. The van der Waals surface area contributed by atoms with Gasteiger partial charge in [-0.05, 0) is 44.0 Å². The Kier molecular flexibility index (Phi) is 4.56. The van der Waals surface area contributed by atoms with Gasteiger partial charge in [-0.2, -0.15) is 0 Å². The van der Waals surface area contributed by atoms with Gasteiger partial charge in [0.1, 0.15) is 5.82 Å². The van der Waals surface area contributed by atoms with E-state index in [-0.39, 0.29) is 17.3 Å². The van der Waals surface area contributed by atoms with Crippen molar-refractivity contribution in [3.05, 3.63) is 71.5 Å². The first-order valence-electron chi connectivity index (χ1n) is 7.01. The van der Waals surface area contributed by atoms with Gasteiger partial charge < -0.3 is 5.32 Å². The summed E-state index contributed by atoms with van der Waals surface area (Å²) in [5.74, 6) is 0.0420. The molecule has 0 aliphatic heterocycles. The van der Waals surface area contributed by atoms with Gasteiger partial charge in [0.2, 0.25) is 0 Å². The third kappa shape index (κ3) is 4.17. The highest BCUT2D eigenvalue weighted by Crippen LogP contribution is 2.24. The maximum Gasteiger partial charge on any atom is 0.123 e. The van der Waals surface area contributed by atoms with Crippen molar-refractivity contribution in [2.75, 3.05) is 6.54 Å². The maximum absolute atomic E-state index is 13.1. The summed E-state index contributed by atoms with van der Waals surface area (Å²) in [7, 11) is 0. The van der Waals surface area contributed by atoms with Crippen LogP contribution in [0.2, 0.25) is 0 Å². The summed E-state index contributed by atoms with van der Waals surface area (Å²) in [5.41, 5.74) is 2.44. The molecule has 2 rings (SSSR count). The van der Waals surface area contributed by atoms with E-state index < -0.39 is 0 Å². The monoisotopic (exact) mass is 271 g/mol. The van der Waals surface area contributed by atoms with Crippen LogP contribution in [0.15, 0.2) is 54.6 Å². The largest absolute Gasteiger partial charge is 0.311 e. The van der Waals surface area contributed by atoms with E-state index in [1.54, 1.807) is 0 Å². The number of rotatable bonds is 4. The molecule has 0 aliphatic rings. The van der Waals surface area contributed by atoms with Crippen molar-refractivity contribution in [2.24, 2.45) is 0 Å². The van der Waals surface area contributed by atoms with Crippen molar-refractivity contribution >= 4 is 0 Å². The van der Waals surface area contributed by atoms with Crippen molar-refractivity contribution in [3.63, 3.8) is 0 Å². The molecule has 106 valence electrons. The molecular weight excluding hydrogens is 249 g/mol. The van der Waals surface area contributed by atoms with Gasteiger partial charge in [-0.1, -0.05) is 42.5 Å². The van der Waals surface area contributed by atoms with E-state index in [1.807, 2.05) is 30.3 Å². The van der Waals surface area contributed by atoms with Crippen LogP contribution in [0.25, 0.3) is 0 Å². The van der Waals surface area contributed by atoms with Gasteiger partial charge in [-0.3, -0.25) is 0 Å². The Bertz CT molecular complexity index is 526. The predicted octanol–water partition coefficient (Wildman–Crippen LogP) is 4.35. The molecule has 0 saturated heterocycles. The molecule has 20 heavy (non-hydrogen) atoms. The predicted molar refractivity (Wildman–Crippen MR) is 82.4 cm³/mol. The van der Waals surface area contributed by atoms with Gasteiger partial charge in [-0.25, -0.2) is 4.39 Å². The minimum atomic E-state index is -0.190. The van der Waals surface area contributed by atoms with Gasteiger partial charge in [0, 0.05) is 18.0 Å². The van der Waals surface area contributed by atoms with Crippen LogP contribution >= 0.6 is 0 Å². The minimum absolute atomic E-state index is 0.0626.